The smallest absolute Gasteiger partial charge is 0.160 e. The van der Waals surface area contributed by atoms with Crippen molar-refractivity contribution in [3.05, 3.63) is 102 Å². The van der Waals surface area contributed by atoms with Crippen LogP contribution in [0.2, 0.25) is 0 Å². The first-order chi connectivity index (χ1) is 22.4. The molecule has 1 heterocycles. The number of imidazole rings is 1. The number of ether oxygens (including phenoxy) is 2. The highest BCUT2D eigenvalue weighted by Crippen LogP contribution is 2.32. The van der Waals surface area contributed by atoms with Crippen molar-refractivity contribution in [1.82, 2.24) is 9.55 Å². The van der Waals surface area contributed by atoms with Gasteiger partial charge in [-0.3, -0.25) is 9.00 Å². The quantitative estimate of drug-likeness (QED) is 0.0570. The Labute approximate surface area is 281 Å². The number of unbranched alkanes of at least 4 members (excludes halogenated alkanes) is 1. The third-order valence-corrected chi connectivity index (χ3v) is 9.71. The molecule has 0 bridgehead atoms. The van der Waals surface area contributed by atoms with Crippen LogP contribution in [-0.2, 0) is 39.0 Å². The SMILES string of the molecule is CCCCOCCOc1ccc(-c2ccc(SC(C)C)c(/C=C/C(=O)Cc3ccc(S(=O)Cc4cncn4CCC)cc3)c2)cc1. The molecule has 0 aliphatic rings. The first kappa shape index (κ1) is 35.4. The van der Waals surface area contributed by atoms with E-state index in [2.05, 4.69) is 67.6 Å². The zero-order valence-electron chi connectivity index (χ0n) is 27.4. The molecule has 0 saturated heterocycles. The lowest BCUT2D eigenvalue weighted by Gasteiger charge is -2.12. The largest absolute Gasteiger partial charge is 0.491 e. The van der Waals surface area contributed by atoms with Gasteiger partial charge in [-0.1, -0.05) is 70.5 Å². The molecule has 3 aromatic carbocycles. The van der Waals surface area contributed by atoms with Crippen LogP contribution in [0.3, 0.4) is 0 Å². The minimum atomic E-state index is -1.18. The van der Waals surface area contributed by atoms with Gasteiger partial charge in [0.05, 0.1) is 35.2 Å². The van der Waals surface area contributed by atoms with Crippen molar-refractivity contribution < 1.29 is 18.5 Å². The lowest BCUT2D eigenvalue weighted by Crippen LogP contribution is -2.07. The molecule has 8 heteroatoms. The second-order valence-corrected chi connectivity index (χ2v) is 14.5. The van der Waals surface area contributed by atoms with E-state index in [1.807, 2.05) is 42.5 Å². The van der Waals surface area contributed by atoms with Gasteiger partial charge in [0.1, 0.15) is 12.4 Å². The van der Waals surface area contributed by atoms with Crippen molar-refractivity contribution in [3.63, 3.8) is 0 Å². The molecule has 1 atom stereocenters. The van der Waals surface area contributed by atoms with E-state index in [1.165, 1.54) is 0 Å². The molecule has 0 N–H and O–H groups in total. The zero-order chi connectivity index (χ0) is 32.7. The number of ketones is 1. The lowest BCUT2D eigenvalue weighted by atomic mass is 10.0. The summed E-state index contributed by atoms with van der Waals surface area (Å²) in [4.78, 5) is 19.1. The second kappa shape index (κ2) is 18.6. The van der Waals surface area contributed by atoms with Crippen molar-refractivity contribution in [2.75, 3.05) is 19.8 Å². The van der Waals surface area contributed by atoms with Crippen LogP contribution < -0.4 is 4.74 Å². The number of benzene rings is 3. The molecule has 6 nitrogen and oxygen atoms in total. The zero-order valence-corrected chi connectivity index (χ0v) is 29.1. The number of nitrogens with zero attached hydrogens (tertiary/aromatic N) is 2. The molecule has 4 aromatic rings. The van der Waals surface area contributed by atoms with Crippen LogP contribution in [0, 0.1) is 0 Å². The van der Waals surface area contributed by atoms with Gasteiger partial charge in [-0.15, -0.1) is 11.8 Å². The molecule has 0 saturated carbocycles. The second-order valence-electron chi connectivity index (χ2n) is 11.4. The highest BCUT2D eigenvalue weighted by Gasteiger charge is 2.11. The number of hydrogen-bond acceptors (Lipinski definition) is 6. The van der Waals surface area contributed by atoms with Gasteiger partial charge < -0.3 is 14.0 Å². The fourth-order valence-electron chi connectivity index (χ4n) is 4.86. The van der Waals surface area contributed by atoms with Gasteiger partial charge in [-0.25, -0.2) is 4.98 Å². The molecule has 0 aliphatic carbocycles. The number of carbonyl (C=O) groups is 1. The normalized spacial score (nSPS) is 12.2. The maximum atomic E-state index is 13.0. The Morgan fingerprint density at radius 2 is 1.72 bits per heavy atom. The van der Waals surface area contributed by atoms with Crippen LogP contribution in [0.25, 0.3) is 17.2 Å². The highest BCUT2D eigenvalue weighted by atomic mass is 32.2. The van der Waals surface area contributed by atoms with Crippen LogP contribution in [0.15, 0.2) is 95.1 Å². The van der Waals surface area contributed by atoms with Crippen molar-refractivity contribution in [2.45, 2.75) is 80.7 Å². The lowest BCUT2D eigenvalue weighted by molar-refractivity contribution is -0.113. The minimum absolute atomic E-state index is 0.0171. The Hall–Kier alpha value is -3.46. The fourth-order valence-corrected chi connectivity index (χ4v) is 6.89. The fraction of sp³-hybridized carbons (Fsp3) is 0.368. The summed E-state index contributed by atoms with van der Waals surface area (Å²) in [6, 6.07) is 22.0. The van der Waals surface area contributed by atoms with Gasteiger partial charge in [0.2, 0.25) is 0 Å². The van der Waals surface area contributed by atoms with Crippen LogP contribution in [0.5, 0.6) is 5.75 Å². The first-order valence-electron chi connectivity index (χ1n) is 16.1. The number of hydrogen-bond donors (Lipinski definition) is 0. The Morgan fingerprint density at radius 1 is 0.957 bits per heavy atom. The molecule has 1 aromatic heterocycles. The van der Waals surface area contributed by atoms with E-state index < -0.39 is 10.8 Å². The first-order valence-corrected chi connectivity index (χ1v) is 18.3. The van der Waals surface area contributed by atoms with E-state index in [4.69, 9.17) is 9.47 Å². The maximum Gasteiger partial charge on any atom is 0.160 e. The van der Waals surface area contributed by atoms with E-state index in [0.717, 1.165) is 75.9 Å². The number of allylic oxidation sites excluding steroid dienone is 1. The van der Waals surface area contributed by atoms with Gasteiger partial charge in [-0.2, -0.15) is 0 Å². The van der Waals surface area contributed by atoms with E-state index in [-0.39, 0.29) is 12.2 Å². The molecule has 0 radical (unpaired) electrons. The molecule has 46 heavy (non-hydrogen) atoms. The monoisotopic (exact) mass is 658 g/mol. The molecular formula is C38H46N2O4S2. The van der Waals surface area contributed by atoms with Crippen molar-refractivity contribution in [1.29, 1.82) is 0 Å². The third-order valence-electron chi connectivity index (χ3n) is 7.25. The average Bonchev–Trinajstić information content (AvgIpc) is 3.49. The van der Waals surface area contributed by atoms with Crippen molar-refractivity contribution in [3.8, 4) is 16.9 Å². The molecule has 1 unspecified atom stereocenters. The third kappa shape index (κ3) is 11.1. The molecule has 4 rings (SSSR count). The van der Waals surface area contributed by atoms with E-state index in [0.29, 0.717) is 24.2 Å². The average molecular weight is 659 g/mol. The summed E-state index contributed by atoms with van der Waals surface area (Å²) in [6.45, 7) is 11.4. The Balaban J connectivity index is 1.38. The van der Waals surface area contributed by atoms with Gasteiger partial charge in [-0.05, 0) is 77.6 Å². The molecule has 0 spiro atoms. The predicted molar refractivity (Wildman–Crippen MR) is 191 cm³/mol. The Morgan fingerprint density at radius 3 is 2.43 bits per heavy atom. The summed E-state index contributed by atoms with van der Waals surface area (Å²) in [6.07, 6.45) is 10.6. The number of rotatable bonds is 19. The highest BCUT2D eigenvalue weighted by molar-refractivity contribution is 8.00. The van der Waals surface area contributed by atoms with Crippen LogP contribution in [0.4, 0.5) is 0 Å². The Bertz CT molecular complexity index is 1580. The van der Waals surface area contributed by atoms with Crippen molar-refractivity contribution in [2.24, 2.45) is 0 Å². The van der Waals surface area contributed by atoms with Crippen molar-refractivity contribution >= 4 is 34.4 Å². The summed E-state index contributed by atoms with van der Waals surface area (Å²) in [5, 5.41) is 0.410. The van der Waals surface area contributed by atoms with E-state index in [9.17, 15) is 9.00 Å². The van der Waals surface area contributed by atoms with Gasteiger partial charge >= 0.3 is 0 Å². The molecule has 0 amide bonds. The van der Waals surface area contributed by atoms with Crippen LogP contribution in [0.1, 0.15) is 63.8 Å². The van der Waals surface area contributed by atoms with E-state index in [1.54, 1.807) is 30.4 Å². The summed E-state index contributed by atoms with van der Waals surface area (Å²) >= 11 is 1.78. The number of aromatic nitrogens is 2. The van der Waals surface area contributed by atoms with Gasteiger partial charge in [0.15, 0.2) is 5.78 Å². The molecule has 0 aliphatic heterocycles. The maximum absolute atomic E-state index is 13.0. The molecule has 244 valence electrons. The standard InChI is InChI=1S/C38H46N2O4S2/c1-5-7-21-43-22-23-44-36-15-11-31(12-16-36)32-13-19-38(45-29(3)4)33(25-32)10-14-35(41)24-30-8-17-37(18-9-30)46(42)27-34-26-39-28-40(34)20-6-2/h8-19,25-26,28-29H,5-7,20-24,27H2,1-4H3/b14-10+. The predicted octanol–water partition coefficient (Wildman–Crippen LogP) is 8.79. The summed E-state index contributed by atoms with van der Waals surface area (Å²) in [7, 11) is -1.18. The number of aryl methyl sites for hydroxylation is 1. The van der Waals surface area contributed by atoms with Gasteiger partial charge in [0.25, 0.3) is 0 Å². The minimum Gasteiger partial charge on any atom is -0.491 e. The molecule has 0 fully saturated rings. The van der Waals surface area contributed by atoms with E-state index >= 15 is 0 Å². The summed E-state index contributed by atoms with van der Waals surface area (Å²) in [5.74, 6) is 1.26. The topological polar surface area (TPSA) is 70.4 Å². The van der Waals surface area contributed by atoms with Crippen LogP contribution >= 0.6 is 11.8 Å². The summed E-state index contributed by atoms with van der Waals surface area (Å²) < 4.78 is 26.4. The number of thioether (sulfide) groups is 1. The van der Waals surface area contributed by atoms with Crippen LogP contribution in [-0.4, -0.2) is 44.6 Å². The number of carbonyl (C=O) groups excluding carboxylic acids is 1. The summed E-state index contributed by atoms with van der Waals surface area (Å²) in [5.41, 5.74) is 5.04. The molecular weight excluding hydrogens is 613 g/mol. The van der Waals surface area contributed by atoms with Gasteiger partial charge in [0, 0.05) is 40.8 Å². The Kier molecular flexibility index (Phi) is 14.3.